The van der Waals surface area contributed by atoms with Crippen molar-refractivity contribution >= 4 is 33.5 Å². The molecule has 0 spiro atoms. The highest BCUT2D eigenvalue weighted by atomic mass is 79.9. The number of nitrogen functional groups attached to an aromatic ring is 1. The predicted molar refractivity (Wildman–Crippen MR) is 72.0 cm³/mol. The third-order valence-corrected chi connectivity index (χ3v) is 3.61. The van der Waals surface area contributed by atoms with Crippen molar-refractivity contribution in [3.63, 3.8) is 0 Å². The zero-order valence-corrected chi connectivity index (χ0v) is 11.6. The van der Waals surface area contributed by atoms with Crippen LogP contribution in [0, 0.1) is 0 Å². The van der Waals surface area contributed by atoms with Gasteiger partial charge in [0.05, 0.1) is 6.54 Å². The van der Waals surface area contributed by atoms with E-state index in [0.717, 1.165) is 19.5 Å². The van der Waals surface area contributed by atoms with Crippen molar-refractivity contribution in [1.29, 1.82) is 0 Å². The first-order valence-electron chi connectivity index (χ1n) is 5.59. The maximum absolute atomic E-state index is 11.8. The van der Waals surface area contributed by atoms with E-state index < -0.39 is 0 Å². The van der Waals surface area contributed by atoms with E-state index >= 15 is 0 Å². The zero-order valence-electron chi connectivity index (χ0n) is 10.1. The highest BCUT2D eigenvalue weighted by Crippen LogP contribution is 2.29. The predicted octanol–water partition coefficient (Wildman–Crippen LogP) is 0.193. The van der Waals surface area contributed by atoms with Crippen LogP contribution in [-0.2, 0) is 4.79 Å². The third kappa shape index (κ3) is 2.54. The molecule has 1 aliphatic rings. The van der Waals surface area contributed by atoms with Crippen LogP contribution in [0.15, 0.2) is 10.8 Å². The fourth-order valence-electron chi connectivity index (χ4n) is 1.85. The number of rotatable bonds is 2. The summed E-state index contributed by atoms with van der Waals surface area (Å²) in [6.07, 6.45) is 2.33. The van der Waals surface area contributed by atoms with Crippen LogP contribution in [0.5, 0.6) is 0 Å². The molecule has 98 valence electrons. The van der Waals surface area contributed by atoms with Gasteiger partial charge in [-0.25, -0.2) is 15.8 Å². The molecule has 2 heterocycles. The largest absolute Gasteiger partial charge is 0.346 e. The number of nitrogens with zero attached hydrogens (tertiary/aromatic N) is 4. The van der Waals surface area contributed by atoms with Crippen LogP contribution in [0.1, 0.15) is 6.42 Å². The summed E-state index contributed by atoms with van der Waals surface area (Å²) in [5, 5.41) is 0. The van der Waals surface area contributed by atoms with Crippen LogP contribution in [0.4, 0.5) is 11.6 Å². The van der Waals surface area contributed by atoms with Crippen molar-refractivity contribution < 1.29 is 4.79 Å². The Labute approximate surface area is 113 Å². The Balaban J connectivity index is 2.28. The number of aromatic nitrogens is 2. The standard InChI is InChI=1S/C10H15BrN6O/c1-16-3-2-4-17(5-7(16)18)10-8(11)9(15-12)13-6-14-10/h6H,2-5,12H2,1H3,(H,13,14,15). The summed E-state index contributed by atoms with van der Waals surface area (Å²) in [4.78, 5) is 23.7. The number of carbonyl (C=O) groups is 1. The molecule has 1 aromatic rings. The molecule has 7 nitrogen and oxygen atoms in total. The summed E-state index contributed by atoms with van der Waals surface area (Å²) in [6.45, 7) is 1.85. The maximum Gasteiger partial charge on any atom is 0.241 e. The molecule has 0 bridgehead atoms. The number of hydrogen-bond acceptors (Lipinski definition) is 6. The fourth-order valence-corrected chi connectivity index (χ4v) is 2.42. The number of nitrogens with one attached hydrogen (secondary N) is 1. The monoisotopic (exact) mass is 314 g/mol. The van der Waals surface area contributed by atoms with Gasteiger partial charge in [-0.2, -0.15) is 0 Å². The summed E-state index contributed by atoms with van der Waals surface area (Å²) in [6, 6.07) is 0. The SMILES string of the molecule is CN1CCCN(c2ncnc(NN)c2Br)CC1=O. The average molecular weight is 315 g/mol. The molecule has 1 fully saturated rings. The van der Waals surface area contributed by atoms with Crippen molar-refractivity contribution in [2.24, 2.45) is 5.84 Å². The number of carbonyl (C=O) groups excluding carboxylic acids is 1. The van der Waals surface area contributed by atoms with Gasteiger partial charge in [-0.15, -0.1) is 0 Å². The Kier molecular flexibility index (Phi) is 3.97. The van der Waals surface area contributed by atoms with E-state index in [0.29, 0.717) is 22.7 Å². The number of likely N-dealkylation sites (N-methyl/N-ethyl adjacent to an activating group) is 1. The van der Waals surface area contributed by atoms with E-state index in [1.165, 1.54) is 6.33 Å². The second-order valence-corrected chi connectivity index (χ2v) is 4.89. The second kappa shape index (κ2) is 5.49. The molecule has 0 aromatic carbocycles. The molecule has 1 aromatic heterocycles. The van der Waals surface area contributed by atoms with Gasteiger partial charge in [-0.1, -0.05) is 0 Å². The van der Waals surface area contributed by atoms with Crippen LogP contribution in [-0.4, -0.2) is 47.5 Å². The zero-order chi connectivity index (χ0) is 13.1. The smallest absolute Gasteiger partial charge is 0.241 e. The Morgan fingerprint density at radius 3 is 2.94 bits per heavy atom. The Morgan fingerprint density at radius 1 is 1.44 bits per heavy atom. The number of amides is 1. The lowest BCUT2D eigenvalue weighted by Gasteiger charge is -2.22. The molecule has 1 amide bonds. The van der Waals surface area contributed by atoms with Gasteiger partial charge in [0, 0.05) is 20.1 Å². The maximum atomic E-state index is 11.8. The molecule has 0 atom stereocenters. The van der Waals surface area contributed by atoms with Crippen molar-refractivity contribution in [2.75, 3.05) is 37.0 Å². The van der Waals surface area contributed by atoms with Gasteiger partial charge in [-0.3, -0.25) is 4.79 Å². The minimum Gasteiger partial charge on any atom is -0.346 e. The van der Waals surface area contributed by atoms with Gasteiger partial charge in [0.1, 0.15) is 16.6 Å². The van der Waals surface area contributed by atoms with E-state index in [1.54, 1.807) is 4.90 Å². The minimum atomic E-state index is 0.0836. The van der Waals surface area contributed by atoms with Crippen molar-refractivity contribution in [3.05, 3.63) is 10.8 Å². The molecule has 0 saturated carbocycles. The molecule has 0 radical (unpaired) electrons. The fraction of sp³-hybridized carbons (Fsp3) is 0.500. The number of anilines is 2. The Hall–Kier alpha value is -1.41. The van der Waals surface area contributed by atoms with E-state index in [2.05, 4.69) is 31.3 Å². The molecular weight excluding hydrogens is 300 g/mol. The third-order valence-electron chi connectivity index (χ3n) is 2.88. The average Bonchev–Trinajstić information content (AvgIpc) is 2.52. The highest BCUT2D eigenvalue weighted by molar-refractivity contribution is 9.10. The Morgan fingerprint density at radius 2 is 2.22 bits per heavy atom. The first kappa shape index (κ1) is 13.0. The van der Waals surface area contributed by atoms with Crippen LogP contribution in [0.25, 0.3) is 0 Å². The molecule has 3 N–H and O–H groups in total. The minimum absolute atomic E-state index is 0.0836. The van der Waals surface area contributed by atoms with E-state index in [9.17, 15) is 4.79 Å². The van der Waals surface area contributed by atoms with E-state index in [1.807, 2.05) is 11.9 Å². The van der Waals surface area contributed by atoms with Gasteiger partial charge >= 0.3 is 0 Å². The topological polar surface area (TPSA) is 87.4 Å². The number of nitrogens with two attached hydrogens (primary N) is 1. The van der Waals surface area contributed by atoms with Crippen LogP contribution in [0.3, 0.4) is 0 Å². The summed E-state index contributed by atoms with van der Waals surface area (Å²) in [5.41, 5.74) is 2.49. The molecular formula is C10H15BrN6O. The molecule has 1 saturated heterocycles. The van der Waals surface area contributed by atoms with Crippen LogP contribution < -0.4 is 16.2 Å². The van der Waals surface area contributed by atoms with Gasteiger partial charge in [-0.05, 0) is 22.4 Å². The molecule has 18 heavy (non-hydrogen) atoms. The first-order valence-corrected chi connectivity index (χ1v) is 6.39. The molecule has 0 unspecified atom stereocenters. The van der Waals surface area contributed by atoms with E-state index in [-0.39, 0.29) is 5.91 Å². The molecule has 8 heteroatoms. The lowest BCUT2D eigenvalue weighted by atomic mass is 10.4. The number of hydrazine groups is 1. The molecule has 0 aliphatic carbocycles. The van der Waals surface area contributed by atoms with Crippen LogP contribution >= 0.6 is 15.9 Å². The highest BCUT2D eigenvalue weighted by Gasteiger charge is 2.22. The van der Waals surface area contributed by atoms with Crippen LogP contribution in [0.2, 0.25) is 0 Å². The summed E-state index contributed by atoms with van der Waals surface area (Å²) in [7, 11) is 1.81. The lowest BCUT2D eigenvalue weighted by molar-refractivity contribution is -0.127. The number of halogens is 1. The summed E-state index contributed by atoms with van der Waals surface area (Å²) < 4.78 is 0.671. The molecule has 1 aliphatic heterocycles. The normalized spacial score (nSPS) is 16.7. The quantitative estimate of drug-likeness (QED) is 0.598. The van der Waals surface area contributed by atoms with Gasteiger partial charge in [0.15, 0.2) is 5.82 Å². The summed E-state index contributed by atoms with van der Waals surface area (Å²) >= 11 is 3.40. The van der Waals surface area contributed by atoms with E-state index in [4.69, 9.17) is 5.84 Å². The van der Waals surface area contributed by atoms with Gasteiger partial charge in [0.2, 0.25) is 5.91 Å². The summed E-state index contributed by atoms with van der Waals surface area (Å²) in [5.74, 6) is 6.64. The Bertz CT molecular complexity index is 454. The van der Waals surface area contributed by atoms with Crippen molar-refractivity contribution in [1.82, 2.24) is 14.9 Å². The lowest BCUT2D eigenvalue weighted by Crippen LogP contribution is -2.35. The van der Waals surface area contributed by atoms with Gasteiger partial charge < -0.3 is 15.2 Å². The van der Waals surface area contributed by atoms with Crippen molar-refractivity contribution in [2.45, 2.75) is 6.42 Å². The molecule has 2 rings (SSSR count). The van der Waals surface area contributed by atoms with Crippen molar-refractivity contribution in [3.8, 4) is 0 Å². The van der Waals surface area contributed by atoms with Gasteiger partial charge in [0.25, 0.3) is 0 Å². The first-order chi connectivity index (χ1) is 8.63. The number of hydrogen-bond donors (Lipinski definition) is 2. The second-order valence-electron chi connectivity index (χ2n) is 4.09.